The summed E-state index contributed by atoms with van der Waals surface area (Å²) < 4.78 is 59.4. The van der Waals surface area contributed by atoms with Gasteiger partial charge in [0, 0.05) is 22.6 Å². The Morgan fingerprint density at radius 3 is 1.46 bits per heavy atom. The Bertz CT molecular complexity index is 947. The number of fused-ring (bicyclic) bond motifs is 2. The van der Waals surface area contributed by atoms with Gasteiger partial charge >= 0.3 is 35.0 Å². The van der Waals surface area contributed by atoms with E-state index in [4.69, 9.17) is 11.6 Å². The molecule has 1 aliphatic heterocycles. The Hall–Kier alpha value is -1.56. The minimum absolute atomic E-state index is 0.0248. The fourth-order valence-corrected chi connectivity index (χ4v) is 5.36. The second-order valence-corrected chi connectivity index (χ2v) is 12.5. The molecular formula is C19H14AsClF6S. The van der Waals surface area contributed by atoms with Gasteiger partial charge in [0.05, 0.1) is 10.9 Å². The molecule has 1 heterocycles. The SMILES string of the molecule is Clc1ccc([S+]2c3ccccc3Cc3ccccc32)cc1.F[As-](F)(F)(F)(F)F. The maximum atomic E-state index is 9.91. The maximum absolute atomic E-state index is 11.1. The molecule has 3 aromatic rings. The third-order valence-corrected chi connectivity index (χ3v) is 6.49. The molecule has 0 bridgehead atoms. The van der Waals surface area contributed by atoms with Gasteiger partial charge in [-0.3, -0.25) is 0 Å². The monoisotopic (exact) mass is 498 g/mol. The first-order valence-corrected chi connectivity index (χ1v) is 13.9. The van der Waals surface area contributed by atoms with Crippen molar-refractivity contribution in [3.8, 4) is 0 Å². The van der Waals surface area contributed by atoms with E-state index in [-0.39, 0.29) is 10.9 Å². The van der Waals surface area contributed by atoms with Crippen LogP contribution in [0.15, 0.2) is 87.5 Å². The molecule has 0 amide bonds. The summed E-state index contributed by atoms with van der Waals surface area (Å²) in [5.41, 5.74) is 2.88. The van der Waals surface area contributed by atoms with Crippen molar-refractivity contribution in [2.24, 2.45) is 0 Å². The van der Waals surface area contributed by atoms with Crippen LogP contribution in [0.4, 0.5) is 20.8 Å². The third-order valence-electron chi connectivity index (χ3n) is 3.82. The second-order valence-electron chi connectivity index (χ2n) is 6.11. The van der Waals surface area contributed by atoms with Crippen molar-refractivity contribution in [3.63, 3.8) is 0 Å². The van der Waals surface area contributed by atoms with E-state index in [1.54, 1.807) is 0 Å². The zero-order valence-corrected chi connectivity index (χ0v) is 17.6. The summed E-state index contributed by atoms with van der Waals surface area (Å²) in [5.74, 6) is 0. The Labute approximate surface area is 167 Å². The van der Waals surface area contributed by atoms with Crippen molar-refractivity contribution < 1.29 is 20.8 Å². The van der Waals surface area contributed by atoms with Gasteiger partial charge in [0.1, 0.15) is 0 Å². The molecule has 3 aromatic carbocycles. The van der Waals surface area contributed by atoms with Gasteiger partial charge in [-0.15, -0.1) is 0 Å². The molecule has 0 radical (unpaired) electrons. The van der Waals surface area contributed by atoms with Crippen molar-refractivity contribution in [2.45, 2.75) is 21.1 Å². The number of halogens is 7. The van der Waals surface area contributed by atoms with Crippen LogP contribution in [0, 0.1) is 0 Å². The van der Waals surface area contributed by atoms with Crippen molar-refractivity contribution in [1.82, 2.24) is 0 Å². The summed E-state index contributed by atoms with van der Waals surface area (Å²) in [6, 6.07) is 25.9. The van der Waals surface area contributed by atoms with E-state index in [9.17, 15) is 20.8 Å². The van der Waals surface area contributed by atoms with Gasteiger partial charge in [-0.05, 0) is 36.4 Å². The van der Waals surface area contributed by atoms with Crippen LogP contribution in [0.25, 0.3) is 0 Å². The molecule has 0 fully saturated rings. The summed E-state index contributed by atoms with van der Waals surface area (Å²) in [6.07, 6.45) is 1.03. The zero-order chi connectivity index (χ0) is 20.6. The summed E-state index contributed by atoms with van der Waals surface area (Å²) in [5, 5.41) is 0.793. The van der Waals surface area contributed by atoms with Crippen molar-refractivity contribution in [3.05, 3.63) is 88.9 Å². The number of benzene rings is 3. The number of rotatable bonds is 1. The molecule has 0 aromatic heterocycles. The molecule has 0 spiro atoms. The van der Waals surface area contributed by atoms with E-state index >= 15 is 0 Å². The van der Waals surface area contributed by atoms with Crippen LogP contribution < -0.4 is 0 Å². The van der Waals surface area contributed by atoms with E-state index in [0.29, 0.717) is 0 Å². The van der Waals surface area contributed by atoms with Crippen LogP contribution in [-0.2, 0) is 17.3 Å². The van der Waals surface area contributed by atoms with Gasteiger partial charge in [-0.25, -0.2) is 0 Å². The van der Waals surface area contributed by atoms with Crippen LogP contribution >= 0.6 is 11.6 Å². The minimum atomic E-state index is -11.1. The standard InChI is InChI=1S/C19H14ClS.AsF6/c20-16-9-11-17(12-10-16)21-18-7-3-1-5-14(18)13-15-6-2-4-8-19(15)21;2-1(3,4,5,6)7/h1-12H,13H2;/q+1;-1. The Balaban J connectivity index is 0.000000279. The molecule has 0 saturated heterocycles. The first-order valence-electron chi connectivity index (χ1n) is 8.00. The Morgan fingerprint density at radius 1 is 0.643 bits per heavy atom. The third kappa shape index (κ3) is 6.23. The Kier molecular flexibility index (Phi) is 5.10. The summed E-state index contributed by atoms with van der Waals surface area (Å²) in [6.45, 7) is 0. The first-order chi connectivity index (χ1) is 12.8. The zero-order valence-electron chi connectivity index (χ0n) is 14.1. The molecule has 0 aliphatic carbocycles. The van der Waals surface area contributed by atoms with E-state index in [1.807, 2.05) is 12.1 Å². The molecule has 0 nitrogen and oxygen atoms in total. The van der Waals surface area contributed by atoms with E-state index in [1.165, 1.54) is 25.8 Å². The van der Waals surface area contributed by atoms with E-state index in [2.05, 4.69) is 60.7 Å². The molecule has 150 valence electrons. The van der Waals surface area contributed by atoms with Crippen LogP contribution in [0.2, 0.25) is 5.02 Å². The molecule has 0 N–H and O–H groups in total. The van der Waals surface area contributed by atoms with Gasteiger partial charge in [-0.2, -0.15) is 0 Å². The molecular weight excluding hydrogens is 485 g/mol. The van der Waals surface area contributed by atoms with Crippen LogP contribution in [0.5, 0.6) is 0 Å². The van der Waals surface area contributed by atoms with Gasteiger partial charge in [0.2, 0.25) is 0 Å². The van der Waals surface area contributed by atoms with Crippen molar-refractivity contribution in [2.75, 3.05) is 0 Å². The summed E-state index contributed by atoms with van der Waals surface area (Å²) in [4.78, 5) is 4.22. The molecule has 0 saturated carbocycles. The van der Waals surface area contributed by atoms with E-state index in [0.717, 1.165) is 11.4 Å². The molecule has 28 heavy (non-hydrogen) atoms. The average molecular weight is 499 g/mol. The fourth-order valence-electron chi connectivity index (χ4n) is 2.85. The second kappa shape index (κ2) is 6.75. The summed E-state index contributed by atoms with van der Waals surface area (Å²) in [7, 11) is -0.0248. The molecule has 4 rings (SSSR count). The van der Waals surface area contributed by atoms with Crippen LogP contribution in [0.1, 0.15) is 11.1 Å². The molecule has 9 heteroatoms. The fraction of sp³-hybridized carbons (Fsp3) is 0.0526. The first kappa shape index (κ1) is 21.2. The van der Waals surface area contributed by atoms with Gasteiger partial charge in [0.25, 0.3) is 0 Å². The normalized spacial score (nSPS) is 16.0. The van der Waals surface area contributed by atoms with Crippen LogP contribution in [-0.4, -0.2) is 14.2 Å². The average Bonchev–Trinajstić information content (AvgIpc) is 2.58. The van der Waals surface area contributed by atoms with E-state index < -0.39 is 14.2 Å². The topological polar surface area (TPSA) is 0 Å². The van der Waals surface area contributed by atoms with Crippen molar-refractivity contribution in [1.29, 1.82) is 0 Å². The molecule has 0 atom stereocenters. The predicted octanol–water partition coefficient (Wildman–Crippen LogP) is 7.48. The molecule has 0 unspecified atom stereocenters. The van der Waals surface area contributed by atoms with Gasteiger partial charge < -0.3 is 0 Å². The van der Waals surface area contributed by atoms with Crippen LogP contribution in [0.3, 0.4) is 0 Å². The van der Waals surface area contributed by atoms with Gasteiger partial charge in [0.15, 0.2) is 14.7 Å². The predicted molar refractivity (Wildman–Crippen MR) is 102 cm³/mol. The quantitative estimate of drug-likeness (QED) is 0.145. The van der Waals surface area contributed by atoms with Gasteiger partial charge in [-0.1, -0.05) is 48.0 Å². The molecule has 1 aliphatic rings. The number of hydrogen-bond donors (Lipinski definition) is 0. The Morgan fingerprint density at radius 2 is 1.04 bits per heavy atom. The number of hydrogen-bond acceptors (Lipinski definition) is 0. The summed E-state index contributed by atoms with van der Waals surface area (Å²) >= 11 is -5.01. The van der Waals surface area contributed by atoms with Crippen molar-refractivity contribution >= 4 is 36.7 Å².